The van der Waals surface area contributed by atoms with Crippen molar-refractivity contribution in [1.82, 2.24) is 4.37 Å². The molecule has 0 spiro atoms. The minimum Gasteiger partial charge on any atom is -0.484 e. The Morgan fingerprint density at radius 2 is 2.20 bits per heavy atom. The van der Waals surface area contributed by atoms with Crippen LogP contribution in [0.15, 0.2) is 0 Å². The van der Waals surface area contributed by atoms with Gasteiger partial charge in [0.05, 0.1) is 6.10 Å². The second-order valence-electron chi connectivity index (χ2n) is 5.94. The van der Waals surface area contributed by atoms with Gasteiger partial charge in [-0.3, -0.25) is 0 Å². The van der Waals surface area contributed by atoms with Crippen LogP contribution in [0.4, 0.5) is 10.8 Å². The van der Waals surface area contributed by atoms with Crippen LogP contribution in [-0.4, -0.2) is 23.6 Å². The molecule has 1 atom stereocenters. The van der Waals surface area contributed by atoms with Crippen molar-refractivity contribution in [1.29, 1.82) is 0 Å². The predicted molar refractivity (Wildman–Crippen MR) is 86.8 cm³/mol. The Bertz CT molecular complexity index is 419. The van der Waals surface area contributed by atoms with Crippen molar-refractivity contribution in [2.24, 2.45) is 5.92 Å². The van der Waals surface area contributed by atoms with E-state index < -0.39 is 0 Å². The molecule has 1 aliphatic rings. The Balaban J connectivity index is 2.07. The molecule has 0 bridgehead atoms. The second-order valence-corrected chi connectivity index (χ2v) is 6.69. The van der Waals surface area contributed by atoms with Crippen LogP contribution in [0.25, 0.3) is 0 Å². The highest BCUT2D eigenvalue weighted by molar-refractivity contribution is 7.11. The van der Waals surface area contributed by atoms with Gasteiger partial charge in [0.15, 0.2) is 16.6 Å². The summed E-state index contributed by atoms with van der Waals surface area (Å²) in [6.07, 6.45) is 6.65. The number of hydrogen-bond acceptors (Lipinski definition) is 5. The van der Waals surface area contributed by atoms with Gasteiger partial charge in [0.25, 0.3) is 0 Å². The molecule has 0 amide bonds. The number of nitrogens with zero attached hydrogens (tertiary/aromatic N) is 2. The topological polar surface area (TPSA) is 51.4 Å². The molecule has 0 radical (unpaired) electrons. The van der Waals surface area contributed by atoms with Gasteiger partial charge in [0, 0.05) is 13.1 Å². The van der Waals surface area contributed by atoms with E-state index in [4.69, 9.17) is 10.5 Å². The van der Waals surface area contributed by atoms with E-state index in [2.05, 4.69) is 16.2 Å². The van der Waals surface area contributed by atoms with Gasteiger partial charge in [-0.2, -0.15) is 4.37 Å². The SMILES string of the molecule is CCCC1CCCN(c2snc(N)c2OC(C)C)CC1. The third-order valence-corrected chi connectivity index (χ3v) is 4.75. The highest BCUT2D eigenvalue weighted by Crippen LogP contribution is 2.40. The fraction of sp³-hybridized carbons (Fsp3) is 0.800. The van der Waals surface area contributed by atoms with Crippen LogP contribution >= 0.6 is 11.5 Å². The third kappa shape index (κ3) is 3.78. The lowest BCUT2D eigenvalue weighted by Crippen LogP contribution is -2.24. The summed E-state index contributed by atoms with van der Waals surface area (Å²) in [5.41, 5.74) is 5.96. The minimum atomic E-state index is 0.132. The van der Waals surface area contributed by atoms with Gasteiger partial charge in [-0.25, -0.2) is 0 Å². The normalized spacial score (nSPS) is 20.2. The Morgan fingerprint density at radius 1 is 1.40 bits per heavy atom. The molecule has 0 aliphatic carbocycles. The van der Waals surface area contributed by atoms with E-state index in [0.29, 0.717) is 5.82 Å². The number of nitrogen functional groups attached to an aromatic ring is 1. The average molecular weight is 297 g/mol. The maximum atomic E-state index is 5.96. The van der Waals surface area contributed by atoms with Crippen LogP contribution in [0.5, 0.6) is 5.75 Å². The van der Waals surface area contributed by atoms with E-state index in [0.717, 1.165) is 29.8 Å². The zero-order chi connectivity index (χ0) is 14.5. The first-order valence-electron chi connectivity index (χ1n) is 7.78. The minimum absolute atomic E-state index is 0.132. The first-order chi connectivity index (χ1) is 9.61. The Labute approximate surface area is 126 Å². The van der Waals surface area contributed by atoms with Gasteiger partial charge in [-0.15, -0.1) is 0 Å². The molecule has 1 aromatic heterocycles. The van der Waals surface area contributed by atoms with Crippen LogP contribution in [0, 0.1) is 5.92 Å². The molecule has 5 heteroatoms. The molecule has 114 valence electrons. The first-order valence-corrected chi connectivity index (χ1v) is 8.55. The second kappa shape index (κ2) is 7.16. The molecule has 1 unspecified atom stereocenters. The molecule has 0 aromatic carbocycles. The molecular weight excluding hydrogens is 270 g/mol. The van der Waals surface area contributed by atoms with Crippen molar-refractivity contribution in [2.75, 3.05) is 23.7 Å². The highest BCUT2D eigenvalue weighted by Gasteiger charge is 2.23. The van der Waals surface area contributed by atoms with Crippen molar-refractivity contribution in [3.8, 4) is 5.75 Å². The molecule has 2 N–H and O–H groups in total. The van der Waals surface area contributed by atoms with Crippen LogP contribution in [-0.2, 0) is 0 Å². The van der Waals surface area contributed by atoms with Crippen LogP contribution < -0.4 is 15.4 Å². The lowest BCUT2D eigenvalue weighted by Gasteiger charge is -2.22. The summed E-state index contributed by atoms with van der Waals surface area (Å²) < 4.78 is 10.1. The van der Waals surface area contributed by atoms with E-state index in [1.807, 2.05) is 13.8 Å². The maximum absolute atomic E-state index is 5.96. The number of aromatic nitrogens is 1. The summed E-state index contributed by atoms with van der Waals surface area (Å²) in [4.78, 5) is 2.42. The standard InChI is InChI=1S/C15H27N3OS/c1-4-6-12-7-5-9-18(10-8-12)15-13(19-11(2)3)14(16)17-20-15/h11-12H,4-10H2,1-3H3,(H2,16,17). The summed E-state index contributed by atoms with van der Waals surface area (Å²) >= 11 is 1.47. The zero-order valence-corrected chi connectivity index (χ0v) is 13.7. The van der Waals surface area contributed by atoms with E-state index in [1.54, 1.807) is 0 Å². The van der Waals surface area contributed by atoms with Gasteiger partial charge in [0.1, 0.15) is 0 Å². The first kappa shape index (κ1) is 15.4. The lowest BCUT2D eigenvalue weighted by atomic mass is 9.96. The summed E-state index contributed by atoms with van der Waals surface area (Å²) in [6.45, 7) is 8.53. The monoisotopic (exact) mass is 297 g/mol. The van der Waals surface area contributed by atoms with Crippen molar-refractivity contribution in [3.63, 3.8) is 0 Å². The number of anilines is 2. The average Bonchev–Trinajstić information content (AvgIpc) is 2.63. The molecule has 1 aliphatic heterocycles. The predicted octanol–water partition coefficient (Wildman–Crippen LogP) is 3.92. The summed E-state index contributed by atoms with van der Waals surface area (Å²) in [6, 6.07) is 0. The Kier molecular flexibility index (Phi) is 5.52. The van der Waals surface area contributed by atoms with Gasteiger partial charge < -0.3 is 15.4 Å². The Morgan fingerprint density at radius 3 is 2.90 bits per heavy atom. The molecular formula is C15H27N3OS. The molecule has 4 nitrogen and oxygen atoms in total. The quantitative estimate of drug-likeness (QED) is 0.895. The molecule has 0 saturated carbocycles. The molecule has 1 saturated heterocycles. The van der Waals surface area contributed by atoms with Gasteiger partial charge in [-0.1, -0.05) is 19.8 Å². The van der Waals surface area contributed by atoms with E-state index in [-0.39, 0.29) is 6.10 Å². The summed E-state index contributed by atoms with van der Waals surface area (Å²) in [5, 5.41) is 1.12. The van der Waals surface area contributed by atoms with Crippen LogP contribution in [0.2, 0.25) is 0 Å². The lowest BCUT2D eigenvalue weighted by molar-refractivity contribution is 0.245. The van der Waals surface area contributed by atoms with E-state index >= 15 is 0 Å². The summed E-state index contributed by atoms with van der Waals surface area (Å²) in [7, 11) is 0. The van der Waals surface area contributed by atoms with E-state index in [9.17, 15) is 0 Å². The molecule has 2 heterocycles. The van der Waals surface area contributed by atoms with Gasteiger partial charge in [-0.05, 0) is 50.6 Å². The Hall–Kier alpha value is -0.970. The van der Waals surface area contributed by atoms with Crippen LogP contribution in [0.1, 0.15) is 52.9 Å². The highest BCUT2D eigenvalue weighted by atomic mass is 32.1. The third-order valence-electron chi connectivity index (χ3n) is 3.84. The molecule has 1 aromatic rings. The van der Waals surface area contributed by atoms with Crippen molar-refractivity contribution < 1.29 is 4.74 Å². The fourth-order valence-electron chi connectivity index (χ4n) is 2.90. The number of rotatable bonds is 5. The zero-order valence-electron chi connectivity index (χ0n) is 12.9. The number of nitrogens with two attached hydrogens (primary N) is 1. The van der Waals surface area contributed by atoms with Crippen molar-refractivity contribution in [3.05, 3.63) is 0 Å². The smallest absolute Gasteiger partial charge is 0.198 e. The fourth-order valence-corrected chi connectivity index (χ4v) is 3.70. The number of ether oxygens (including phenoxy) is 1. The van der Waals surface area contributed by atoms with Gasteiger partial charge >= 0.3 is 0 Å². The molecule has 2 rings (SSSR count). The van der Waals surface area contributed by atoms with E-state index in [1.165, 1.54) is 43.6 Å². The van der Waals surface area contributed by atoms with Crippen LogP contribution in [0.3, 0.4) is 0 Å². The van der Waals surface area contributed by atoms with Gasteiger partial charge in [0.2, 0.25) is 0 Å². The largest absolute Gasteiger partial charge is 0.484 e. The number of hydrogen-bond donors (Lipinski definition) is 1. The summed E-state index contributed by atoms with van der Waals surface area (Å²) in [5.74, 6) is 2.21. The van der Waals surface area contributed by atoms with Crippen molar-refractivity contribution >= 4 is 22.4 Å². The molecule has 1 fully saturated rings. The maximum Gasteiger partial charge on any atom is 0.198 e. The molecule has 20 heavy (non-hydrogen) atoms. The van der Waals surface area contributed by atoms with Crippen molar-refractivity contribution in [2.45, 2.75) is 59.0 Å².